The lowest BCUT2D eigenvalue weighted by Crippen LogP contribution is -2.13. The number of rotatable bonds is 8. The monoisotopic (exact) mass is 348 g/mol. The quantitative estimate of drug-likeness (QED) is 0.557. The molecule has 0 saturated carbocycles. The van der Waals surface area contributed by atoms with E-state index >= 15 is 0 Å². The van der Waals surface area contributed by atoms with Gasteiger partial charge < -0.3 is 10.3 Å². The predicted octanol–water partition coefficient (Wildman–Crippen LogP) is 5.22. The Hall–Kier alpha value is -2.55. The van der Waals surface area contributed by atoms with E-state index in [4.69, 9.17) is 5.73 Å². The van der Waals surface area contributed by atoms with Crippen molar-refractivity contribution in [2.24, 2.45) is 5.73 Å². The van der Waals surface area contributed by atoms with E-state index in [1.54, 1.807) is 0 Å². The molecule has 3 aromatic rings. The molecule has 1 aromatic heterocycles. The van der Waals surface area contributed by atoms with Crippen molar-refractivity contribution in [3.05, 3.63) is 59.8 Å². The van der Waals surface area contributed by atoms with E-state index in [0.29, 0.717) is 0 Å². The number of primary amides is 1. The first-order chi connectivity index (χ1) is 12.6. The van der Waals surface area contributed by atoms with E-state index in [1.807, 2.05) is 0 Å². The van der Waals surface area contributed by atoms with Crippen molar-refractivity contribution >= 4 is 16.8 Å². The molecule has 0 atom stereocenters. The smallest absolute Gasteiger partial charge is 0.221 e. The summed E-state index contributed by atoms with van der Waals surface area (Å²) in [5, 5.41) is 1.14. The number of benzene rings is 2. The highest BCUT2D eigenvalue weighted by Gasteiger charge is 2.12. The summed E-state index contributed by atoms with van der Waals surface area (Å²) in [6, 6.07) is 15.1. The van der Waals surface area contributed by atoms with Gasteiger partial charge in [0.15, 0.2) is 0 Å². The van der Waals surface area contributed by atoms with E-state index in [0.717, 1.165) is 23.9 Å². The Morgan fingerprint density at radius 2 is 1.85 bits per heavy atom. The van der Waals surface area contributed by atoms with E-state index in [2.05, 4.69) is 67.1 Å². The Morgan fingerprint density at radius 1 is 1.04 bits per heavy atom. The van der Waals surface area contributed by atoms with Crippen molar-refractivity contribution in [2.75, 3.05) is 0 Å². The molecule has 3 rings (SSSR count). The molecule has 0 unspecified atom stereocenters. The fourth-order valence-corrected chi connectivity index (χ4v) is 3.60. The van der Waals surface area contributed by atoms with Gasteiger partial charge in [-0.15, -0.1) is 0 Å². The molecule has 3 heteroatoms. The third kappa shape index (κ3) is 4.16. The van der Waals surface area contributed by atoms with Gasteiger partial charge in [0.2, 0.25) is 5.91 Å². The van der Waals surface area contributed by atoms with Gasteiger partial charge in [0.05, 0.1) is 6.42 Å². The van der Waals surface area contributed by atoms with Crippen molar-refractivity contribution in [3.63, 3.8) is 0 Å². The lowest BCUT2D eigenvalue weighted by Gasteiger charge is -2.07. The molecule has 2 aromatic carbocycles. The summed E-state index contributed by atoms with van der Waals surface area (Å²) in [6.45, 7) is 5.31. The largest absolute Gasteiger partial charge is 0.369 e. The zero-order chi connectivity index (χ0) is 18.5. The van der Waals surface area contributed by atoms with Gasteiger partial charge in [-0.2, -0.15) is 0 Å². The molecule has 0 radical (unpaired) electrons. The molecule has 0 bridgehead atoms. The highest BCUT2D eigenvalue weighted by atomic mass is 16.1. The van der Waals surface area contributed by atoms with Gasteiger partial charge in [-0.05, 0) is 42.2 Å². The van der Waals surface area contributed by atoms with Crippen LogP contribution < -0.4 is 5.73 Å². The molecular weight excluding hydrogens is 320 g/mol. The van der Waals surface area contributed by atoms with E-state index in [-0.39, 0.29) is 12.3 Å². The lowest BCUT2D eigenvalue weighted by atomic mass is 10.0. The minimum atomic E-state index is -0.281. The normalized spacial score (nSPS) is 11.2. The second-order valence-corrected chi connectivity index (χ2v) is 7.15. The third-order valence-corrected chi connectivity index (χ3v) is 4.93. The summed E-state index contributed by atoms with van der Waals surface area (Å²) in [6.07, 6.45) is 7.30. The number of amides is 1. The molecule has 0 aliphatic heterocycles. The summed E-state index contributed by atoms with van der Waals surface area (Å²) in [4.78, 5) is 11.5. The highest BCUT2D eigenvalue weighted by Crippen LogP contribution is 2.29. The van der Waals surface area contributed by atoms with Crippen LogP contribution in [0.4, 0.5) is 0 Å². The van der Waals surface area contributed by atoms with Gasteiger partial charge in [-0.1, -0.05) is 62.1 Å². The molecule has 1 heterocycles. The maximum atomic E-state index is 11.5. The second-order valence-electron chi connectivity index (χ2n) is 7.15. The van der Waals surface area contributed by atoms with Gasteiger partial charge in [0.25, 0.3) is 0 Å². The Bertz CT molecular complexity index is 908. The fourth-order valence-electron chi connectivity index (χ4n) is 3.60. The molecular formula is C23H28N2O. The first kappa shape index (κ1) is 18.2. The number of aromatic nitrogens is 1. The first-order valence-corrected chi connectivity index (χ1v) is 9.55. The number of carbonyl (C=O) groups excluding carboxylic acids is 1. The van der Waals surface area contributed by atoms with Gasteiger partial charge in [0, 0.05) is 23.6 Å². The number of aryl methyl sites for hydroxylation is 2. The van der Waals surface area contributed by atoms with Gasteiger partial charge in [-0.3, -0.25) is 4.79 Å². The standard InChI is InChI=1S/C23H28N2O/c1-3-4-5-6-12-25-16-20(15-23(24)26)21-14-19(10-11-22(21)25)18-9-7-8-17(2)13-18/h7-11,13-14,16H,3-6,12,15H2,1-2H3,(H2,24,26). The van der Waals surface area contributed by atoms with Gasteiger partial charge >= 0.3 is 0 Å². The summed E-state index contributed by atoms with van der Waals surface area (Å²) in [5.74, 6) is -0.281. The summed E-state index contributed by atoms with van der Waals surface area (Å²) in [7, 11) is 0. The molecule has 3 nitrogen and oxygen atoms in total. The third-order valence-electron chi connectivity index (χ3n) is 4.93. The number of carbonyl (C=O) groups is 1. The maximum absolute atomic E-state index is 11.5. The Balaban J connectivity index is 1.99. The van der Waals surface area contributed by atoms with Crippen molar-refractivity contribution in [1.29, 1.82) is 0 Å². The van der Waals surface area contributed by atoms with Crippen LogP contribution in [0.15, 0.2) is 48.7 Å². The zero-order valence-electron chi connectivity index (χ0n) is 15.8. The molecule has 1 amide bonds. The molecule has 0 spiro atoms. The van der Waals surface area contributed by atoms with Crippen LogP contribution in [0.25, 0.3) is 22.0 Å². The van der Waals surface area contributed by atoms with Gasteiger partial charge in [0.1, 0.15) is 0 Å². The first-order valence-electron chi connectivity index (χ1n) is 9.55. The predicted molar refractivity (Wildman–Crippen MR) is 109 cm³/mol. The topological polar surface area (TPSA) is 48.0 Å². The fraction of sp³-hybridized carbons (Fsp3) is 0.348. The summed E-state index contributed by atoms with van der Waals surface area (Å²) in [5.41, 5.74) is 11.3. The minimum absolute atomic E-state index is 0.281. The average Bonchev–Trinajstić information content (AvgIpc) is 2.95. The number of hydrogen-bond acceptors (Lipinski definition) is 1. The van der Waals surface area contributed by atoms with Crippen LogP contribution >= 0.6 is 0 Å². The maximum Gasteiger partial charge on any atom is 0.221 e. The van der Waals surface area contributed by atoms with Crippen LogP contribution in [-0.4, -0.2) is 10.5 Å². The molecule has 136 valence electrons. The number of nitrogens with zero attached hydrogens (tertiary/aromatic N) is 1. The number of fused-ring (bicyclic) bond motifs is 1. The second kappa shape index (κ2) is 8.22. The van der Waals surface area contributed by atoms with Crippen LogP contribution in [0.3, 0.4) is 0 Å². The SMILES string of the molecule is CCCCCCn1cc(CC(N)=O)c2cc(-c3cccc(C)c3)ccc21. The van der Waals surface area contributed by atoms with Crippen molar-refractivity contribution < 1.29 is 4.79 Å². The van der Waals surface area contributed by atoms with Crippen LogP contribution in [-0.2, 0) is 17.8 Å². The number of unbranched alkanes of at least 4 members (excludes halogenated alkanes) is 3. The van der Waals surface area contributed by atoms with E-state index < -0.39 is 0 Å². The lowest BCUT2D eigenvalue weighted by molar-refractivity contribution is -0.117. The molecule has 0 aliphatic carbocycles. The Kier molecular flexibility index (Phi) is 5.77. The minimum Gasteiger partial charge on any atom is -0.369 e. The number of nitrogens with two attached hydrogens (primary N) is 1. The zero-order valence-corrected chi connectivity index (χ0v) is 15.8. The Labute approximate surface area is 155 Å². The van der Waals surface area contributed by atoms with Crippen LogP contribution in [0.2, 0.25) is 0 Å². The summed E-state index contributed by atoms with van der Waals surface area (Å²) < 4.78 is 2.28. The van der Waals surface area contributed by atoms with E-state index in [1.165, 1.54) is 41.5 Å². The van der Waals surface area contributed by atoms with Crippen molar-refractivity contribution in [2.45, 2.75) is 52.5 Å². The average molecular weight is 348 g/mol. The van der Waals surface area contributed by atoms with E-state index in [9.17, 15) is 4.79 Å². The van der Waals surface area contributed by atoms with Crippen molar-refractivity contribution in [3.8, 4) is 11.1 Å². The number of hydrogen-bond donors (Lipinski definition) is 1. The van der Waals surface area contributed by atoms with Gasteiger partial charge in [-0.25, -0.2) is 0 Å². The van der Waals surface area contributed by atoms with Crippen LogP contribution in [0.5, 0.6) is 0 Å². The van der Waals surface area contributed by atoms with Crippen LogP contribution in [0, 0.1) is 6.92 Å². The molecule has 0 saturated heterocycles. The molecule has 2 N–H and O–H groups in total. The van der Waals surface area contributed by atoms with Crippen molar-refractivity contribution in [1.82, 2.24) is 4.57 Å². The molecule has 26 heavy (non-hydrogen) atoms. The summed E-state index contributed by atoms with van der Waals surface area (Å²) >= 11 is 0. The van der Waals surface area contributed by atoms with Crippen LogP contribution in [0.1, 0.15) is 43.7 Å². The highest BCUT2D eigenvalue weighted by molar-refractivity contribution is 5.92. The molecule has 0 aliphatic rings. The molecule has 0 fully saturated rings. The Morgan fingerprint density at radius 3 is 2.58 bits per heavy atom.